The average Bonchev–Trinajstić information content (AvgIpc) is 2.44. The van der Waals surface area contributed by atoms with Crippen LogP contribution in [0.3, 0.4) is 0 Å². The van der Waals surface area contributed by atoms with Crippen molar-refractivity contribution < 1.29 is 4.79 Å². The molecule has 0 radical (unpaired) electrons. The first-order valence-electron chi connectivity index (χ1n) is 6.49. The molecule has 0 unspecified atom stereocenters. The smallest absolute Gasteiger partial charge is 0.225 e. The maximum Gasteiger partial charge on any atom is 0.225 e. The third-order valence-corrected chi connectivity index (χ3v) is 4.02. The number of anilines is 2. The van der Waals surface area contributed by atoms with Crippen LogP contribution in [0.2, 0.25) is 0 Å². The summed E-state index contributed by atoms with van der Waals surface area (Å²) < 4.78 is 0. The lowest BCUT2D eigenvalue weighted by molar-refractivity contribution is -0.115. The normalized spacial score (nSPS) is 10.2. The Kier molecular flexibility index (Phi) is 5.07. The Morgan fingerprint density at radius 2 is 1.95 bits per heavy atom. The third-order valence-electron chi connectivity index (χ3n) is 2.86. The SMILES string of the molecule is Cc1ccc(N)cc1SCCC(=O)Nc1ccccc1. The second kappa shape index (κ2) is 7.01. The quantitative estimate of drug-likeness (QED) is 0.651. The molecule has 0 saturated heterocycles. The second-order valence-corrected chi connectivity index (χ2v) is 5.67. The summed E-state index contributed by atoms with van der Waals surface area (Å²) in [6.45, 7) is 2.05. The highest BCUT2D eigenvalue weighted by molar-refractivity contribution is 7.99. The lowest BCUT2D eigenvalue weighted by atomic mass is 10.2. The van der Waals surface area contributed by atoms with Gasteiger partial charge in [-0.3, -0.25) is 4.79 Å². The predicted molar refractivity (Wildman–Crippen MR) is 86.0 cm³/mol. The van der Waals surface area contributed by atoms with Crippen LogP contribution in [0.5, 0.6) is 0 Å². The van der Waals surface area contributed by atoms with Crippen molar-refractivity contribution >= 4 is 29.0 Å². The Bertz CT molecular complexity index is 584. The number of benzene rings is 2. The van der Waals surface area contributed by atoms with Gasteiger partial charge in [0.25, 0.3) is 0 Å². The molecule has 3 nitrogen and oxygen atoms in total. The summed E-state index contributed by atoms with van der Waals surface area (Å²) in [6.07, 6.45) is 0.480. The van der Waals surface area contributed by atoms with E-state index in [1.54, 1.807) is 11.8 Å². The molecule has 0 aromatic heterocycles. The standard InChI is InChI=1S/C16H18N2OS/c1-12-7-8-13(17)11-15(12)20-10-9-16(19)18-14-5-3-2-4-6-14/h2-8,11H,9-10,17H2,1H3,(H,18,19). The van der Waals surface area contributed by atoms with Gasteiger partial charge in [-0.1, -0.05) is 24.3 Å². The van der Waals surface area contributed by atoms with Gasteiger partial charge in [-0.25, -0.2) is 0 Å². The van der Waals surface area contributed by atoms with Gasteiger partial charge >= 0.3 is 0 Å². The van der Waals surface area contributed by atoms with Gasteiger partial charge in [-0.05, 0) is 36.8 Å². The van der Waals surface area contributed by atoms with Crippen LogP contribution < -0.4 is 11.1 Å². The number of hydrogen-bond donors (Lipinski definition) is 2. The van der Waals surface area contributed by atoms with Crippen molar-refractivity contribution in [1.82, 2.24) is 0 Å². The summed E-state index contributed by atoms with van der Waals surface area (Å²) in [4.78, 5) is 12.9. The van der Waals surface area contributed by atoms with Crippen LogP contribution in [0.1, 0.15) is 12.0 Å². The molecule has 0 aliphatic carbocycles. The number of hydrogen-bond acceptors (Lipinski definition) is 3. The van der Waals surface area contributed by atoms with Crippen molar-refractivity contribution in [1.29, 1.82) is 0 Å². The second-order valence-electron chi connectivity index (χ2n) is 4.54. The summed E-state index contributed by atoms with van der Waals surface area (Å²) in [6, 6.07) is 15.3. The number of nitrogen functional groups attached to an aromatic ring is 1. The minimum Gasteiger partial charge on any atom is -0.399 e. The maximum absolute atomic E-state index is 11.8. The fourth-order valence-corrected chi connectivity index (χ4v) is 2.79. The van der Waals surface area contributed by atoms with Crippen LogP contribution in [-0.4, -0.2) is 11.7 Å². The van der Waals surface area contributed by atoms with Crippen molar-refractivity contribution in [3.8, 4) is 0 Å². The minimum absolute atomic E-state index is 0.0326. The summed E-state index contributed by atoms with van der Waals surface area (Å²) in [5, 5.41) is 2.88. The first-order valence-corrected chi connectivity index (χ1v) is 7.47. The largest absolute Gasteiger partial charge is 0.399 e. The molecule has 0 spiro atoms. The number of nitrogens with one attached hydrogen (secondary N) is 1. The van der Waals surface area contributed by atoms with Crippen molar-refractivity contribution in [2.24, 2.45) is 0 Å². The summed E-state index contributed by atoms with van der Waals surface area (Å²) in [5.41, 5.74) is 8.55. The van der Waals surface area contributed by atoms with Crippen molar-refractivity contribution in [3.05, 3.63) is 54.1 Å². The van der Waals surface area contributed by atoms with Gasteiger partial charge in [0.05, 0.1) is 0 Å². The molecule has 2 aromatic carbocycles. The summed E-state index contributed by atoms with van der Waals surface area (Å²) >= 11 is 1.66. The molecule has 0 heterocycles. The van der Waals surface area contributed by atoms with Gasteiger partial charge in [0.1, 0.15) is 0 Å². The molecule has 0 fully saturated rings. The van der Waals surface area contributed by atoms with Crippen LogP contribution >= 0.6 is 11.8 Å². The summed E-state index contributed by atoms with van der Waals surface area (Å²) in [7, 11) is 0. The number of nitrogens with two attached hydrogens (primary N) is 1. The molecule has 2 rings (SSSR count). The van der Waals surface area contributed by atoms with Gasteiger partial charge in [0.15, 0.2) is 0 Å². The van der Waals surface area contributed by atoms with Crippen molar-refractivity contribution in [2.75, 3.05) is 16.8 Å². The Hall–Kier alpha value is -1.94. The predicted octanol–water partition coefficient (Wildman–Crippen LogP) is 3.70. The van der Waals surface area contributed by atoms with E-state index in [1.807, 2.05) is 55.5 Å². The van der Waals surface area contributed by atoms with E-state index in [0.717, 1.165) is 22.0 Å². The molecule has 0 saturated carbocycles. The number of amides is 1. The molecular formula is C16H18N2OS. The number of rotatable bonds is 5. The van der Waals surface area contributed by atoms with E-state index >= 15 is 0 Å². The van der Waals surface area contributed by atoms with Crippen LogP contribution in [0.15, 0.2) is 53.4 Å². The molecule has 3 N–H and O–H groups in total. The molecule has 20 heavy (non-hydrogen) atoms. The molecule has 0 atom stereocenters. The van der Waals surface area contributed by atoms with Gasteiger partial charge < -0.3 is 11.1 Å². The van der Waals surface area contributed by atoms with Gasteiger partial charge in [-0.15, -0.1) is 11.8 Å². The minimum atomic E-state index is 0.0326. The van der Waals surface area contributed by atoms with Crippen LogP contribution in [-0.2, 0) is 4.79 Å². The third kappa shape index (κ3) is 4.31. The number of thioether (sulfide) groups is 1. The number of carbonyl (C=O) groups excluding carboxylic acids is 1. The van der Waals surface area contributed by atoms with Gasteiger partial charge in [0.2, 0.25) is 5.91 Å². The number of carbonyl (C=O) groups is 1. The van der Waals surface area contributed by atoms with E-state index in [9.17, 15) is 4.79 Å². The van der Waals surface area contributed by atoms with E-state index in [-0.39, 0.29) is 5.91 Å². The number of para-hydroxylation sites is 1. The molecule has 2 aromatic rings. The highest BCUT2D eigenvalue weighted by Crippen LogP contribution is 2.25. The lowest BCUT2D eigenvalue weighted by Crippen LogP contribution is -2.11. The van der Waals surface area contributed by atoms with E-state index in [2.05, 4.69) is 5.32 Å². The Labute approximate surface area is 123 Å². The van der Waals surface area contributed by atoms with E-state index in [4.69, 9.17) is 5.73 Å². The Morgan fingerprint density at radius 3 is 2.70 bits per heavy atom. The molecular weight excluding hydrogens is 268 g/mol. The monoisotopic (exact) mass is 286 g/mol. The molecule has 1 amide bonds. The zero-order valence-electron chi connectivity index (χ0n) is 11.4. The lowest BCUT2D eigenvalue weighted by Gasteiger charge is -2.07. The van der Waals surface area contributed by atoms with Crippen LogP contribution in [0.4, 0.5) is 11.4 Å². The Balaban J connectivity index is 1.81. The highest BCUT2D eigenvalue weighted by atomic mass is 32.2. The van der Waals surface area contributed by atoms with Crippen LogP contribution in [0.25, 0.3) is 0 Å². The van der Waals surface area contributed by atoms with Gasteiger partial charge in [-0.2, -0.15) is 0 Å². The van der Waals surface area contributed by atoms with E-state index < -0.39 is 0 Å². The first-order chi connectivity index (χ1) is 9.65. The van der Waals surface area contributed by atoms with Crippen LogP contribution in [0, 0.1) is 6.92 Å². The topological polar surface area (TPSA) is 55.1 Å². The summed E-state index contributed by atoms with van der Waals surface area (Å²) in [5.74, 6) is 0.772. The molecule has 0 aliphatic heterocycles. The maximum atomic E-state index is 11.8. The van der Waals surface area contributed by atoms with E-state index in [0.29, 0.717) is 6.42 Å². The first kappa shape index (κ1) is 14.5. The van der Waals surface area contributed by atoms with Gasteiger partial charge in [0, 0.05) is 28.4 Å². The molecule has 0 aliphatic rings. The number of aryl methyl sites for hydroxylation is 1. The van der Waals surface area contributed by atoms with E-state index in [1.165, 1.54) is 5.56 Å². The molecule has 104 valence electrons. The van der Waals surface area contributed by atoms with Crippen molar-refractivity contribution in [3.63, 3.8) is 0 Å². The highest BCUT2D eigenvalue weighted by Gasteiger charge is 2.04. The fourth-order valence-electron chi connectivity index (χ4n) is 1.77. The fraction of sp³-hybridized carbons (Fsp3) is 0.188. The Morgan fingerprint density at radius 1 is 1.20 bits per heavy atom. The molecule has 0 bridgehead atoms. The zero-order valence-corrected chi connectivity index (χ0v) is 12.2. The van der Waals surface area contributed by atoms with Crippen molar-refractivity contribution in [2.45, 2.75) is 18.2 Å². The molecule has 4 heteroatoms. The zero-order chi connectivity index (χ0) is 14.4. The average molecular weight is 286 g/mol.